The minimum atomic E-state index is -0.614. The first-order chi connectivity index (χ1) is 10.1. The summed E-state index contributed by atoms with van der Waals surface area (Å²) in [5.41, 5.74) is 0.207. The van der Waals surface area contributed by atoms with Gasteiger partial charge in [-0.05, 0) is 25.0 Å². The van der Waals surface area contributed by atoms with Gasteiger partial charge in [0.2, 0.25) is 0 Å². The standard InChI is InChI=1S/C12H13FN6O2/c13-9-3-4-10(11(6-9)19(20)21)18-5-1-2-8(7-18)12-14-16-17-15-12/h3-4,6,8H,1-2,5,7H2,(H,14,15,16,17)/t8-/m0/s1. The summed E-state index contributed by atoms with van der Waals surface area (Å²) in [5.74, 6) is 0.0452. The molecular weight excluding hydrogens is 279 g/mol. The van der Waals surface area contributed by atoms with Crippen molar-refractivity contribution in [3.05, 3.63) is 40.0 Å². The highest BCUT2D eigenvalue weighted by Crippen LogP contribution is 2.34. The largest absolute Gasteiger partial charge is 0.365 e. The van der Waals surface area contributed by atoms with Gasteiger partial charge in [0, 0.05) is 19.0 Å². The lowest BCUT2D eigenvalue weighted by molar-refractivity contribution is -0.384. The van der Waals surface area contributed by atoms with Gasteiger partial charge in [0.1, 0.15) is 11.5 Å². The van der Waals surface area contributed by atoms with E-state index in [-0.39, 0.29) is 11.6 Å². The van der Waals surface area contributed by atoms with Gasteiger partial charge in [0.15, 0.2) is 5.82 Å². The van der Waals surface area contributed by atoms with Gasteiger partial charge in [-0.1, -0.05) is 5.21 Å². The highest BCUT2D eigenvalue weighted by Gasteiger charge is 2.28. The van der Waals surface area contributed by atoms with Crippen LogP contribution in [0.3, 0.4) is 0 Å². The van der Waals surface area contributed by atoms with Crippen LogP contribution in [0.2, 0.25) is 0 Å². The second kappa shape index (κ2) is 5.43. The van der Waals surface area contributed by atoms with Gasteiger partial charge in [-0.25, -0.2) is 4.39 Å². The number of halogens is 1. The predicted molar refractivity (Wildman–Crippen MR) is 71.4 cm³/mol. The quantitative estimate of drug-likeness (QED) is 0.681. The van der Waals surface area contributed by atoms with E-state index in [1.807, 2.05) is 4.90 Å². The number of tetrazole rings is 1. The molecule has 0 spiro atoms. The number of nitrogens with one attached hydrogen (secondary N) is 1. The van der Waals surface area contributed by atoms with Crippen molar-refractivity contribution in [3.8, 4) is 0 Å². The maximum atomic E-state index is 13.2. The molecule has 3 rings (SSSR count). The van der Waals surface area contributed by atoms with E-state index in [0.717, 1.165) is 18.9 Å². The molecule has 1 aliphatic rings. The first kappa shape index (κ1) is 13.4. The highest BCUT2D eigenvalue weighted by atomic mass is 19.1. The van der Waals surface area contributed by atoms with E-state index in [0.29, 0.717) is 24.6 Å². The van der Waals surface area contributed by atoms with Crippen molar-refractivity contribution < 1.29 is 9.31 Å². The fraction of sp³-hybridized carbons (Fsp3) is 0.417. The number of benzene rings is 1. The van der Waals surface area contributed by atoms with Crippen LogP contribution >= 0.6 is 0 Å². The fourth-order valence-electron chi connectivity index (χ4n) is 2.66. The summed E-state index contributed by atoms with van der Waals surface area (Å²) in [6.07, 6.45) is 1.75. The Kier molecular flexibility index (Phi) is 3.46. The Hall–Kier alpha value is -2.58. The minimum Gasteiger partial charge on any atom is -0.365 e. The third-order valence-electron chi connectivity index (χ3n) is 3.62. The molecule has 2 heterocycles. The molecule has 110 valence electrons. The second-order valence-corrected chi connectivity index (χ2v) is 4.95. The fourth-order valence-corrected chi connectivity index (χ4v) is 2.66. The topological polar surface area (TPSA) is 101 Å². The molecule has 1 N–H and O–H groups in total. The maximum Gasteiger partial charge on any atom is 0.295 e. The van der Waals surface area contributed by atoms with E-state index in [1.54, 1.807) is 0 Å². The van der Waals surface area contributed by atoms with Crippen LogP contribution < -0.4 is 4.90 Å². The van der Waals surface area contributed by atoms with E-state index in [9.17, 15) is 14.5 Å². The SMILES string of the molecule is O=[N+]([O-])c1cc(F)ccc1N1CCC[C@H](c2nn[nH]n2)C1. The Labute approximate surface area is 119 Å². The summed E-state index contributed by atoms with van der Waals surface area (Å²) < 4.78 is 13.2. The monoisotopic (exact) mass is 292 g/mol. The number of hydrogen-bond donors (Lipinski definition) is 1. The minimum absolute atomic E-state index is 0.0576. The van der Waals surface area contributed by atoms with E-state index in [1.165, 1.54) is 12.1 Å². The van der Waals surface area contributed by atoms with Crippen LogP contribution in [0.25, 0.3) is 0 Å². The molecule has 2 aromatic rings. The zero-order valence-corrected chi connectivity index (χ0v) is 11.1. The van der Waals surface area contributed by atoms with Crippen LogP contribution in [-0.2, 0) is 0 Å². The average molecular weight is 292 g/mol. The van der Waals surface area contributed by atoms with Gasteiger partial charge >= 0.3 is 0 Å². The number of nitrogens with zero attached hydrogens (tertiary/aromatic N) is 5. The lowest BCUT2D eigenvalue weighted by atomic mass is 9.97. The van der Waals surface area contributed by atoms with Crippen LogP contribution in [0.5, 0.6) is 0 Å². The first-order valence-corrected chi connectivity index (χ1v) is 6.57. The second-order valence-electron chi connectivity index (χ2n) is 4.95. The zero-order chi connectivity index (χ0) is 14.8. The number of piperidine rings is 1. The number of aromatic amines is 1. The number of hydrogen-bond acceptors (Lipinski definition) is 6. The normalized spacial score (nSPS) is 18.7. The summed E-state index contributed by atoms with van der Waals surface area (Å²) in [5, 5.41) is 25.0. The Balaban J connectivity index is 1.88. The number of nitro benzene ring substituents is 1. The van der Waals surface area contributed by atoms with E-state index < -0.39 is 10.7 Å². The molecule has 1 aromatic carbocycles. The van der Waals surface area contributed by atoms with Gasteiger partial charge in [0.05, 0.1) is 11.0 Å². The van der Waals surface area contributed by atoms with Crippen LogP contribution in [0.15, 0.2) is 18.2 Å². The molecule has 8 nitrogen and oxygen atoms in total. The third kappa shape index (κ3) is 2.67. The number of H-pyrrole nitrogens is 1. The van der Waals surface area contributed by atoms with Crippen LogP contribution in [0.1, 0.15) is 24.6 Å². The Morgan fingerprint density at radius 3 is 3.05 bits per heavy atom. The number of nitro groups is 1. The van der Waals surface area contributed by atoms with E-state index in [2.05, 4.69) is 20.6 Å². The molecule has 0 radical (unpaired) electrons. The van der Waals surface area contributed by atoms with Crippen molar-refractivity contribution >= 4 is 11.4 Å². The third-order valence-corrected chi connectivity index (χ3v) is 3.62. The molecule has 21 heavy (non-hydrogen) atoms. The van der Waals surface area contributed by atoms with Crippen molar-refractivity contribution in [1.29, 1.82) is 0 Å². The Morgan fingerprint density at radius 2 is 2.33 bits per heavy atom. The summed E-state index contributed by atoms with van der Waals surface area (Å²) >= 11 is 0. The van der Waals surface area contributed by atoms with E-state index >= 15 is 0 Å². The van der Waals surface area contributed by atoms with Gasteiger partial charge in [-0.2, -0.15) is 5.21 Å². The summed E-state index contributed by atoms with van der Waals surface area (Å²) in [6.45, 7) is 1.23. The molecule has 1 saturated heterocycles. The van der Waals surface area contributed by atoms with Gasteiger partial charge in [-0.3, -0.25) is 10.1 Å². The molecule has 0 saturated carbocycles. The molecule has 1 atom stereocenters. The zero-order valence-electron chi connectivity index (χ0n) is 11.1. The molecule has 1 aliphatic heterocycles. The molecule has 0 aliphatic carbocycles. The van der Waals surface area contributed by atoms with E-state index in [4.69, 9.17) is 0 Å². The van der Waals surface area contributed by atoms with Crippen molar-refractivity contribution in [1.82, 2.24) is 20.6 Å². The average Bonchev–Trinajstić information content (AvgIpc) is 3.01. The summed E-state index contributed by atoms with van der Waals surface area (Å²) in [4.78, 5) is 12.4. The van der Waals surface area contributed by atoms with Crippen molar-refractivity contribution in [2.75, 3.05) is 18.0 Å². The lowest BCUT2D eigenvalue weighted by Crippen LogP contribution is -2.35. The van der Waals surface area contributed by atoms with Gasteiger partial charge in [-0.15, -0.1) is 10.2 Å². The van der Waals surface area contributed by atoms with Crippen molar-refractivity contribution in [3.63, 3.8) is 0 Å². The highest BCUT2D eigenvalue weighted by molar-refractivity contribution is 5.63. The van der Waals surface area contributed by atoms with Gasteiger partial charge in [0.25, 0.3) is 5.69 Å². The van der Waals surface area contributed by atoms with Crippen molar-refractivity contribution in [2.24, 2.45) is 0 Å². The molecule has 1 fully saturated rings. The first-order valence-electron chi connectivity index (χ1n) is 6.57. The predicted octanol–water partition coefficient (Wildman–Crippen LogP) is 1.63. The van der Waals surface area contributed by atoms with Gasteiger partial charge < -0.3 is 4.90 Å². The maximum absolute atomic E-state index is 13.2. The van der Waals surface area contributed by atoms with Crippen molar-refractivity contribution in [2.45, 2.75) is 18.8 Å². The molecule has 0 amide bonds. The Bertz CT molecular complexity index is 647. The molecule has 0 bridgehead atoms. The number of rotatable bonds is 3. The van der Waals surface area contributed by atoms with Crippen LogP contribution in [0, 0.1) is 15.9 Å². The molecular formula is C12H13FN6O2. The molecule has 0 unspecified atom stereocenters. The summed E-state index contributed by atoms with van der Waals surface area (Å²) in [7, 11) is 0. The van der Waals surface area contributed by atoms with Crippen LogP contribution in [0.4, 0.5) is 15.8 Å². The smallest absolute Gasteiger partial charge is 0.295 e. The lowest BCUT2D eigenvalue weighted by Gasteiger charge is -2.32. The van der Waals surface area contributed by atoms with Crippen LogP contribution in [-0.4, -0.2) is 38.6 Å². The Morgan fingerprint density at radius 1 is 1.48 bits per heavy atom. The summed E-state index contributed by atoms with van der Waals surface area (Å²) in [6, 6.07) is 3.64. The molecule has 1 aromatic heterocycles. The molecule has 9 heteroatoms. The number of anilines is 1. The number of aromatic nitrogens is 4.